The first-order valence-electron chi connectivity index (χ1n) is 5.30. The summed E-state index contributed by atoms with van der Waals surface area (Å²) in [4.78, 5) is 0. The number of fused-ring (bicyclic) bond motifs is 2. The summed E-state index contributed by atoms with van der Waals surface area (Å²) in [6, 6.07) is 0. The highest BCUT2D eigenvalue weighted by Gasteiger charge is 2.47. The van der Waals surface area contributed by atoms with Crippen LogP contribution in [0.4, 0.5) is 0 Å². The molecule has 0 saturated heterocycles. The second-order valence-electron chi connectivity index (χ2n) is 4.85. The topological polar surface area (TPSA) is 0 Å². The van der Waals surface area contributed by atoms with E-state index < -0.39 is 0 Å². The van der Waals surface area contributed by atoms with Gasteiger partial charge in [-0.15, -0.1) is 0 Å². The highest BCUT2D eigenvalue weighted by molar-refractivity contribution is 9.09. The number of rotatable bonds is 2. The Morgan fingerprint density at radius 2 is 1.92 bits per heavy atom. The molecule has 0 radical (unpaired) electrons. The molecule has 2 aliphatic rings. The van der Waals surface area contributed by atoms with Crippen molar-refractivity contribution in [1.82, 2.24) is 0 Å². The molecule has 2 saturated carbocycles. The van der Waals surface area contributed by atoms with Gasteiger partial charge >= 0.3 is 0 Å². The van der Waals surface area contributed by atoms with Gasteiger partial charge in [0.15, 0.2) is 0 Å². The van der Waals surface area contributed by atoms with Gasteiger partial charge in [0.1, 0.15) is 0 Å². The van der Waals surface area contributed by atoms with Gasteiger partial charge in [-0.3, -0.25) is 0 Å². The first-order chi connectivity index (χ1) is 5.74. The highest BCUT2D eigenvalue weighted by atomic mass is 79.9. The lowest BCUT2D eigenvalue weighted by atomic mass is 9.75. The smallest absolute Gasteiger partial charge is 0.00340 e. The van der Waals surface area contributed by atoms with Crippen LogP contribution in [0.3, 0.4) is 0 Å². The van der Waals surface area contributed by atoms with Crippen LogP contribution in [-0.4, -0.2) is 5.33 Å². The van der Waals surface area contributed by atoms with Crippen LogP contribution in [0.5, 0.6) is 0 Å². The summed E-state index contributed by atoms with van der Waals surface area (Å²) in [6.07, 6.45) is 4.49. The van der Waals surface area contributed by atoms with Crippen molar-refractivity contribution in [3.63, 3.8) is 0 Å². The summed E-state index contributed by atoms with van der Waals surface area (Å²) in [6.45, 7) is 4.93. The number of hydrogen-bond donors (Lipinski definition) is 0. The molecule has 5 unspecified atom stereocenters. The van der Waals surface area contributed by atoms with Gasteiger partial charge in [-0.25, -0.2) is 0 Å². The summed E-state index contributed by atoms with van der Waals surface area (Å²) in [5, 5.41) is 1.21. The van der Waals surface area contributed by atoms with E-state index in [0.717, 1.165) is 29.6 Å². The fourth-order valence-corrected chi connectivity index (χ4v) is 4.15. The Hall–Kier alpha value is 0.480. The molecule has 70 valence electrons. The fraction of sp³-hybridized carbons (Fsp3) is 1.00. The Morgan fingerprint density at radius 3 is 2.42 bits per heavy atom. The molecule has 0 nitrogen and oxygen atoms in total. The fourth-order valence-electron chi connectivity index (χ4n) is 3.57. The largest absolute Gasteiger partial charge is 0.0928 e. The normalized spacial score (nSPS) is 51.8. The molecular weight excluding hydrogens is 212 g/mol. The van der Waals surface area contributed by atoms with Gasteiger partial charge in [0, 0.05) is 5.33 Å². The molecule has 0 heterocycles. The van der Waals surface area contributed by atoms with E-state index in [-0.39, 0.29) is 0 Å². The first-order valence-corrected chi connectivity index (χ1v) is 6.42. The summed E-state index contributed by atoms with van der Waals surface area (Å²) in [5.41, 5.74) is 0. The molecule has 0 aromatic carbocycles. The Labute approximate surface area is 84.2 Å². The van der Waals surface area contributed by atoms with Crippen LogP contribution in [0.2, 0.25) is 0 Å². The quantitative estimate of drug-likeness (QED) is 0.635. The summed E-state index contributed by atoms with van der Waals surface area (Å²) in [7, 11) is 0. The van der Waals surface area contributed by atoms with Gasteiger partial charge < -0.3 is 0 Å². The van der Waals surface area contributed by atoms with Crippen molar-refractivity contribution in [3.05, 3.63) is 0 Å². The average Bonchev–Trinajstić information content (AvgIpc) is 2.55. The average molecular weight is 231 g/mol. The first kappa shape index (κ1) is 9.05. The van der Waals surface area contributed by atoms with Crippen molar-refractivity contribution in [2.24, 2.45) is 29.6 Å². The van der Waals surface area contributed by atoms with Crippen LogP contribution < -0.4 is 0 Å². The van der Waals surface area contributed by atoms with Gasteiger partial charge in [0.25, 0.3) is 0 Å². The third-order valence-electron chi connectivity index (χ3n) is 4.51. The molecule has 0 aromatic heterocycles. The Bertz CT molecular complexity index is 164. The SMILES string of the molecule is CC1C2CC(CCBr)C(C2)C1C. The molecule has 2 fully saturated rings. The summed E-state index contributed by atoms with van der Waals surface area (Å²) in [5.74, 6) is 5.23. The third-order valence-corrected chi connectivity index (χ3v) is 4.97. The third kappa shape index (κ3) is 1.25. The maximum absolute atomic E-state index is 3.57. The van der Waals surface area contributed by atoms with E-state index in [4.69, 9.17) is 0 Å². The maximum Gasteiger partial charge on any atom is 0.00340 e. The van der Waals surface area contributed by atoms with E-state index in [1.807, 2.05) is 0 Å². The standard InChI is InChI=1S/C11H19Br/c1-7-8(2)11-6-10(7)5-9(11)3-4-12/h7-11H,3-6H2,1-2H3. The van der Waals surface area contributed by atoms with E-state index in [1.165, 1.54) is 18.2 Å². The molecule has 0 aliphatic heterocycles. The molecule has 2 bridgehead atoms. The van der Waals surface area contributed by atoms with E-state index in [1.54, 1.807) is 6.42 Å². The van der Waals surface area contributed by atoms with Crippen LogP contribution in [-0.2, 0) is 0 Å². The molecule has 2 rings (SSSR count). The van der Waals surface area contributed by atoms with Crippen molar-refractivity contribution < 1.29 is 0 Å². The van der Waals surface area contributed by atoms with Crippen molar-refractivity contribution in [3.8, 4) is 0 Å². The van der Waals surface area contributed by atoms with Gasteiger partial charge in [0.05, 0.1) is 0 Å². The minimum Gasteiger partial charge on any atom is -0.0928 e. The molecule has 1 heteroatoms. The van der Waals surface area contributed by atoms with E-state index in [2.05, 4.69) is 29.8 Å². The lowest BCUT2D eigenvalue weighted by Gasteiger charge is -2.31. The zero-order valence-corrected chi connectivity index (χ0v) is 9.68. The summed E-state index contributed by atoms with van der Waals surface area (Å²) >= 11 is 3.57. The maximum atomic E-state index is 3.57. The lowest BCUT2D eigenvalue weighted by Crippen LogP contribution is -2.24. The van der Waals surface area contributed by atoms with Crippen molar-refractivity contribution in [2.75, 3.05) is 5.33 Å². The molecule has 12 heavy (non-hydrogen) atoms. The van der Waals surface area contributed by atoms with Crippen LogP contribution in [0, 0.1) is 29.6 Å². The second kappa shape index (κ2) is 3.32. The summed E-state index contributed by atoms with van der Waals surface area (Å²) < 4.78 is 0. The monoisotopic (exact) mass is 230 g/mol. The molecule has 0 N–H and O–H groups in total. The number of hydrogen-bond acceptors (Lipinski definition) is 0. The predicted octanol–water partition coefficient (Wildman–Crippen LogP) is 3.70. The Kier molecular flexibility index (Phi) is 2.51. The van der Waals surface area contributed by atoms with Crippen molar-refractivity contribution >= 4 is 15.9 Å². The molecule has 2 aliphatic carbocycles. The van der Waals surface area contributed by atoms with Crippen molar-refractivity contribution in [1.29, 1.82) is 0 Å². The van der Waals surface area contributed by atoms with Gasteiger partial charge in [-0.2, -0.15) is 0 Å². The lowest BCUT2D eigenvalue weighted by molar-refractivity contribution is 0.187. The zero-order valence-electron chi connectivity index (χ0n) is 8.09. The van der Waals surface area contributed by atoms with Crippen LogP contribution in [0.25, 0.3) is 0 Å². The van der Waals surface area contributed by atoms with E-state index >= 15 is 0 Å². The van der Waals surface area contributed by atoms with Crippen molar-refractivity contribution in [2.45, 2.75) is 33.1 Å². The molecule has 0 amide bonds. The molecular formula is C11H19Br. The molecule has 5 atom stereocenters. The Balaban J connectivity index is 2.00. The van der Waals surface area contributed by atoms with Gasteiger partial charge in [0.2, 0.25) is 0 Å². The zero-order chi connectivity index (χ0) is 8.72. The number of halogens is 1. The number of alkyl halides is 1. The van der Waals surface area contributed by atoms with E-state index in [0.29, 0.717) is 0 Å². The molecule has 0 aromatic rings. The van der Waals surface area contributed by atoms with Crippen LogP contribution in [0.15, 0.2) is 0 Å². The minimum atomic E-state index is 1.01. The predicted molar refractivity (Wildman–Crippen MR) is 56.4 cm³/mol. The van der Waals surface area contributed by atoms with Gasteiger partial charge in [-0.05, 0) is 48.9 Å². The Morgan fingerprint density at radius 1 is 1.17 bits per heavy atom. The van der Waals surface area contributed by atoms with Gasteiger partial charge in [-0.1, -0.05) is 29.8 Å². The molecule has 0 spiro atoms. The highest BCUT2D eigenvalue weighted by Crippen LogP contribution is 2.55. The van der Waals surface area contributed by atoms with Crippen LogP contribution in [0.1, 0.15) is 33.1 Å². The minimum absolute atomic E-state index is 1.01. The van der Waals surface area contributed by atoms with Crippen LogP contribution >= 0.6 is 15.9 Å². The second-order valence-corrected chi connectivity index (χ2v) is 5.64. The van der Waals surface area contributed by atoms with E-state index in [9.17, 15) is 0 Å².